The normalized spacial score (nSPS) is 13.8. The number of nitrogen functional groups attached to an aromatic ring is 1. The summed E-state index contributed by atoms with van der Waals surface area (Å²) < 4.78 is 10.4. The molecule has 0 unspecified atom stereocenters. The lowest BCUT2D eigenvalue weighted by molar-refractivity contribution is 0.181. The van der Waals surface area contributed by atoms with E-state index in [1.165, 1.54) is 12.0 Å². The van der Waals surface area contributed by atoms with Crippen molar-refractivity contribution >= 4 is 34.9 Å². The predicted molar refractivity (Wildman–Crippen MR) is 121 cm³/mol. The minimum atomic E-state index is -0.377. The Bertz CT molecular complexity index is 1110. The molecule has 1 saturated heterocycles. The van der Waals surface area contributed by atoms with E-state index < -0.39 is 0 Å². The van der Waals surface area contributed by atoms with Crippen LogP contribution in [0.1, 0.15) is 0 Å². The summed E-state index contributed by atoms with van der Waals surface area (Å²) >= 11 is 0. The maximum Gasteiger partial charge on any atom is 0.414 e. The third kappa shape index (κ3) is 4.50. The molecule has 1 amide bonds. The highest BCUT2D eigenvalue weighted by Gasteiger charge is 2.24. The smallest absolute Gasteiger partial charge is 0.414 e. The number of methoxy groups -OCH3 is 1. The Hall–Kier alpha value is -4.27. The van der Waals surface area contributed by atoms with Crippen LogP contribution < -0.4 is 26.4 Å². The van der Waals surface area contributed by atoms with Crippen molar-refractivity contribution in [1.29, 1.82) is 0 Å². The van der Waals surface area contributed by atoms with E-state index in [0.29, 0.717) is 41.8 Å². The number of anilines is 3. The van der Waals surface area contributed by atoms with Crippen LogP contribution in [0.3, 0.4) is 0 Å². The lowest BCUT2D eigenvalue weighted by Gasteiger charge is -2.16. The molecule has 9 heteroatoms. The average molecular weight is 418 g/mol. The monoisotopic (exact) mass is 418 g/mol. The molecule has 4 rings (SSSR count). The van der Waals surface area contributed by atoms with Crippen molar-refractivity contribution in [2.45, 2.75) is 0 Å². The van der Waals surface area contributed by atoms with E-state index >= 15 is 0 Å². The standard InChI is InChI=1S/C22H22N6O3/c1-30-19-12-17(28-10-11-31-22(28)29)7-8-18(19)26-21(24)27-20-9-4-15(13-25-20)14-2-5-16(23)6-3-14/h2-9,12-13H,10-11,23H2,1H3,(H3,24,25,26,27). The van der Waals surface area contributed by atoms with Crippen molar-refractivity contribution in [3.8, 4) is 16.9 Å². The van der Waals surface area contributed by atoms with Gasteiger partial charge in [-0.15, -0.1) is 0 Å². The van der Waals surface area contributed by atoms with Crippen molar-refractivity contribution in [2.75, 3.05) is 36.2 Å². The van der Waals surface area contributed by atoms with Crippen LogP contribution in [0.2, 0.25) is 0 Å². The van der Waals surface area contributed by atoms with Crippen LogP contribution in [-0.2, 0) is 4.74 Å². The minimum absolute atomic E-state index is 0.152. The second-order valence-electron chi connectivity index (χ2n) is 6.80. The number of rotatable bonds is 5. The molecular formula is C22H22N6O3. The number of hydrogen-bond donors (Lipinski definition) is 3. The van der Waals surface area contributed by atoms with Crippen LogP contribution in [0.4, 0.5) is 27.7 Å². The van der Waals surface area contributed by atoms with Crippen molar-refractivity contribution in [1.82, 2.24) is 4.98 Å². The van der Waals surface area contributed by atoms with Gasteiger partial charge in [-0.3, -0.25) is 4.90 Å². The summed E-state index contributed by atoms with van der Waals surface area (Å²) in [7, 11) is 1.54. The van der Waals surface area contributed by atoms with Gasteiger partial charge in [-0.05, 0) is 42.0 Å². The number of amides is 1. The highest BCUT2D eigenvalue weighted by molar-refractivity contribution is 5.96. The zero-order valence-corrected chi connectivity index (χ0v) is 16.9. The topological polar surface area (TPSA) is 128 Å². The van der Waals surface area contributed by atoms with Crippen molar-refractivity contribution < 1.29 is 14.3 Å². The van der Waals surface area contributed by atoms with E-state index in [4.69, 9.17) is 20.9 Å². The van der Waals surface area contributed by atoms with E-state index in [1.807, 2.05) is 30.3 Å². The summed E-state index contributed by atoms with van der Waals surface area (Å²) in [5, 5.41) is 3.01. The summed E-state index contributed by atoms with van der Waals surface area (Å²) in [6.07, 6.45) is 1.35. The van der Waals surface area contributed by atoms with Crippen LogP contribution in [-0.4, -0.2) is 37.3 Å². The van der Waals surface area contributed by atoms with Crippen LogP contribution in [0.5, 0.6) is 5.75 Å². The van der Waals surface area contributed by atoms with Crippen LogP contribution >= 0.6 is 0 Å². The first-order valence-corrected chi connectivity index (χ1v) is 9.59. The molecule has 2 aromatic carbocycles. The SMILES string of the molecule is COc1cc(N2CCOC2=O)ccc1NC(N)=Nc1ccc(-c2ccc(N)cc2)cn1. The summed E-state index contributed by atoms with van der Waals surface area (Å²) in [6.45, 7) is 0.862. The zero-order valence-electron chi connectivity index (χ0n) is 16.9. The number of benzene rings is 2. The average Bonchev–Trinajstić information content (AvgIpc) is 3.21. The quantitative estimate of drug-likeness (QED) is 0.329. The fourth-order valence-electron chi connectivity index (χ4n) is 3.17. The molecule has 0 spiro atoms. The van der Waals surface area contributed by atoms with Crippen LogP contribution in [0.15, 0.2) is 65.8 Å². The van der Waals surface area contributed by atoms with Crippen LogP contribution in [0, 0.1) is 0 Å². The number of carbonyl (C=O) groups excluding carboxylic acids is 1. The summed E-state index contributed by atoms with van der Waals surface area (Å²) in [4.78, 5) is 22.0. The Balaban J connectivity index is 1.49. The molecule has 0 aliphatic carbocycles. The maximum atomic E-state index is 11.8. The fraction of sp³-hybridized carbons (Fsp3) is 0.136. The number of aliphatic imine (C=N–C) groups is 1. The molecule has 1 aliphatic heterocycles. The molecule has 3 aromatic rings. The minimum Gasteiger partial charge on any atom is -0.494 e. The van der Waals surface area contributed by atoms with Crippen LogP contribution in [0.25, 0.3) is 11.1 Å². The number of aromatic nitrogens is 1. The molecule has 158 valence electrons. The number of hydrogen-bond acceptors (Lipinski definition) is 6. The molecular weight excluding hydrogens is 396 g/mol. The Kier molecular flexibility index (Phi) is 5.57. The molecule has 9 nitrogen and oxygen atoms in total. The van der Waals surface area contributed by atoms with Gasteiger partial charge < -0.3 is 26.3 Å². The van der Waals surface area contributed by atoms with Gasteiger partial charge in [0, 0.05) is 23.5 Å². The third-order valence-electron chi connectivity index (χ3n) is 4.75. The van der Waals surface area contributed by atoms with Gasteiger partial charge in [0.05, 0.1) is 25.0 Å². The molecule has 5 N–H and O–H groups in total. The van der Waals surface area contributed by atoms with E-state index in [0.717, 1.165) is 11.1 Å². The molecule has 1 aromatic heterocycles. The number of nitrogens with zero attached hydrogens (tertiary/aromatic N) is 3. The fourth-order valence-corrected chi connectivity index (χ4v) is 3.17. The van der Waals surface area contributed by atoms with E-state index in [2.05, 4.69) is 15.3 Å². The Labute approximate surface area is 179 Å². The van der Waals surface area contributed by atoms with Gasteiger partial charge in [-0.1, -0.05) is 12.1 Å². The van der Waals surface area contributed by atoms with E-state index in [1.54, 1.807) is 30.5 Å². The number of carbonyl (C=O) groups is 1. The number of nitrogens with two attached hydrogens (primary N) is 2. The number of ether oxygens (including phenoxy) is 2. The van der Waals surface area contributed by atoms with Gasteiger partial charge in [0.25, 0.3) is 0 Å². The van der Waals surface area contributed by atoms with Gasteiger partial charge in [0.2, 0.25) is 0 Å². The highest BCUT2D eigenvalue weighted by atomic mass is 16.6. The first-order chi connectivity index (χ1) is 15.0. The van der Waals surface area contributed by atoms with Crippen molar-refractivity contribution in [3.63, 3.8) is 0 Å². The van der Waals surface area contributed by atoms with Gasteiger partial charge >= 0.3 is 6.09 Å². The molecule has 0 saturated carbocycles. The molecule has 31 heavy (non-hydrogen) atoms. The Morgan fingerprint density at radius 2 is 1.94 bits per heavy atom. The first kappa shape index (κ1) is 20.0. The Morgan fingerprint density at radius 1 is 1.16 bits per heavy atom. The van der Waals surface area contributed by atoms with Gasteiger partial charge in [-0.2, -0.15) is 4.99 Å². The van der Waals surface area contributed by atoms with Crippen molar-refractivity contribution in [3.05, 3.63) is 60.8 Å². The highest BCUT2D eigenvalue weighted by Crippen LogP contribution is 2.31. The summed E-state index contributed by atoms with van der Waals surface area (Å²) in [5.41, 5.74) is 15.7. The lowest BCUT2D eigenvalue weighted by atomic mass is 10.1. The van der Waals surface area contributed by atoms with Crippen molar-refractivity contribution in [2.24, 2.45) is 10.7 Å². The third-order valence-corrected chi connectivity index (χ3v) is 4.75. The van der Waals surface area contributed by atoms with E-state index in [-0.39, 0.29) is 12.1 Å². The van der Waals surface area contributed by atoms with Gasteiger partial charge in [0.1, 0.15) is 12.4 Å². The molecule has 0 atom stereocenters. The number of pyridine rings is 1. The zero-order chi connectivity index (χ0) is 21.8. The molecule has 0 bridgehead atoms. The van der Waals surface area contributed by atoms with Gasteiger partial charge in [0.15, 0.2) is 11.8 Å². The first-order valence-electron chi connectivity index (χ1n) is 9.59. The van der Waals surface area contributed by atoms with E-state index in [9.17, 15) is 4.79 Å². The summed E-state index contributed by atoms with van der Waals surface area (Å²) in [5.74, 6) is 1.13. The summed E-state index contributed by atoms with van der Waals surface area (Å²) in [6, 6.07) is 16.5. The largest absolute Gasteiger partial charge is 0.494 e. The molecule has 2 heterocycles. The number of guanidine groups is 1. The number of nitrogens with one attached hydrogen (secondary N) is 1. The molecule has 1 aliphatic rings. The Morgan fingerprint density at radius 3 is 2.58 bits per heavy atom. The van der Waals surface area contributed by atoms with Gasteiger partial charge in [-0.25, -0.2) is 9.78 Å². The molecule has 1 fully saturated rings. The molecule has 0 radical (unpaired) electrons. The predicted octanol–water partition coefficient (Wildman–Crippen LogP) is 3.35. The maximum absolute atomic E-state index is 11.8. The second-order valence-corrected chi connectivity index (χ2v) is 6.80. The second kappa shape index (κ2) is 8.62. The lowest BCUT2D eigenvalue weighted by Crippen LogP contribution is -2.24. The number of cyclic esters (lactones) is 1.